The lowest BCUT2D eigenvalue weighted by Crippen LogP contribution is -2.32. The Hall–Kier alpha value is -1.66. The van der Waals surface area contributed by atoms with Gasteiger partial charge in [0, 0.05) is 18.8 Å². The largest absolute Gasteiger partial charge is 0.331 e. The predicted molar refractivity (Wildman–Crippen MR) is 91.5 cm³/mol. The van der Waals surface area contributed by atoms with Gasteiger partial charge in [-0.2, -0.15) is 0 Å². The Morgan fingerprint density at radius 3 is 2.65 bits per heavy atom. The summed E-state index contributed by atoms with van der Waals surface area (Å²) in [6.07, 6.45) is 3.11. The number of aryl methyl sites for hydroxylation is 1. The van der Waals surface area contributed by atoms with E-state index in [-0.39, 0.29) is 16.8 Å². The Kier molecular flexibility index (Phi) is 4.29. The van der Waals surface area contributed by atoms with Gasteiger partial charge in [-0.25, -0.2) is 8.42 Å². The minimum absolute atomic E-state index is 0.141. The van der Waals surface area contributed by atoms with E-state index in [1.54, 1.807) is 5.38 Å². The van der Waals surface area contributed by atoms with Crippen LogP contribution in [0.5, 0.6) is 0 Å². The van der Waals surface area contributed by atoms with Crippen molar-refractivity contribution in [2.45, 2.75) is 37.2 Å². The number of amides is 1. The number of carbonyl (C=O) groups is 1. The summed E-state index contributed by atoms with van der Waals surface area (Å²) >= 11 is 1.20. The third kappa shape index (κ3) is 3.64. The monoisotopic (exact) mass is 349 g/mol. The van der Waals surface area contributed by atoms with Crippen LogP contribution < -0.4 is 0 Å². The lowest BCUT2D eigenvalue weighted by Gasteiger charge is -2.22. The molecule has 0 atom stereocenters. The molecule has 23 heavy (non-hydrogen) atoms. The number of rotatable bonds is 5. The minimum Gasteiger partial charge on any atom is -0.331 e. The van der Waals surface area contributed by atoms with Crippen LogP contribution in [-0.2, 0) is 16.4 Å². The molecule has 0 N–H and O–H groups in total. The Morgan fingerprint density at radius 1 is 1.30 bits per heavy atom. The van der Waals surface area contributed by atoms with Crippen molar-refractivity contribution < 1.29 is 13.2 Å². The van der Waals surface area contributed by atoms with Gasteiger partial charge in [0.05, 0.1) is 4.90 Å². The summed E-state index contributed by atoms with van der Waals surface area (Å²) in [5, 5.41) is 1.67. The van der Waals surface area contributed by atoms with E-state index in [1.165, 1.54) is 17.4 Å². The molecule has 0 unspecified atom stereocenters. The molecule has 1 amide bonds. The quantitative estimate of drug-likeness (QED) is 0.832. The van der Waals surface area contributed by atoms with Crippen molar-refractivity contribution in [3.63, 3.8) is 0 Å². The van der Waals surface area contributed by atoms with Crippen molar-refractivity contribution >= 4 is 27.1 Å². The number of benzene rings is 1. The maximum absolute atomic E-state index is 12.9. The smallest absolute Gasteiger partial charge is 0.265 e. The first-order chi connectivity index (χ1) is 10.9. The van der Waals surface area contributed by atoms with Crippen molar-refractivity contribution in [1.29, 1.82) is 0 Å². The molecular formula is C17H19NO3S2. The number of sulfone groups is 1. The number of nitrogens with zero attached hydrogens (tertiary/aromatic N) is 1. The molecule has 0 saturated heterocycles. The lowest BCUT2D eigenvalue weighted by molar-refractivity contribution is 0.0731. The first-order valence-electron chi connectivity index (χ1n) is 7.50. The van der Waals surface area contributed by atoms with E-state index >= 15 is 0 Å². The standard InChI is InChI=1S/C17H19NO3S2/c1-12-4-3-5-13(10-12)11-18(14-6-7-14)17(19)16-15(8-9-22-16)23(2,20)21/h3-5,8-10,14H,6-7,11H2,1-2H3. The first-order valence-corrected chi connectivity index (χ1v) is 10.3. The van der Waals surface area contributed by atoms with Gasteiger partial charge in [0.1, 0.15) is 4.88 Å². The van der Waals surface area contributed by atoms with Crippen LogP contribution in [0.25, 0.3) is 0 Å². The van der Waals surface area contributed by atoms with Gasteiger partial charge in [-0.1, -0.05) is 29.8 Å². The average molecular weight is 349 g/mol. The molecule has 122 valence electrons. The van der Waals surface area contributed by atoms with Crippen molar-refractivity contribution in [2.24, 2.45) is 0 Å². The highest BCUT2D eigenvalue weighted by atomic mass is 32.2. The highest BCUT2D eigenvalue weighted by Gasteiger charge is 2.35. The van der Waals surface area contributed by atoms with Gasteiger partial charge in [-0.3, -0.25) is 4.79 Å². The van der Waals surface area contributed by atoms with Crippen LogP contribution in [-0.4, -0.2) is 31.5 Å². The molecule has 1 fully saturated rings. The van der Waals surface area contributed by atoms with Gasteiger partial charge in [0.15, 0.2) is 9.84 Å². The molecule has 1 aromatic heterocycles. The van der Waals surface area contributed by atoms with Gasteiger partial charge in [0.25, 0.3) is 5.91 Å². The van der Waals surface area contributed by atoms with E-state index in [4.69, 9.17) is 0 Å². The van der Waals surface area contributed by atoms with Crippen LogP contribution in [0.4, 0.5) is 0 Å². The summed E-state index contributed by atoms with van der Waals surface area (Å²) in [4.78, 5) is 15.2. The van der Waals surface area contributed by atoms with Crippen LogP contribution in [0.1, 0.15) is 33.6 Å². The Balaban J connectivity index is 1.90. The molecule has 1 aromatic carbocycles. The highest BCUT2D eigenvalue weighted by molar-refractivity contribution is 7.91. The maximum Gasteiger partial charge on any atom is 0.265 e. The van der Waals surface area contributed by atoms with E-state index in [1.807, 2.05) is 30.0 Å². The van der Waals surface area contributed by atoms with E-state index in [0.29, 0.717) is 11.4 Å². The van der Waals surface area contributed by atoms with Gasteiger partial charge in [-0.05, 0) is 36.8 Å². The zero-order valence-corrected chi connectivity index (χ0v) is 14.8. The SMILES string of the molecule is Cc1cccc(CN(C(=O)c2sccc2S(C)(=O)=O)C2CC2)c1. The van der Waals surface area contributed by atoms with Gasteiger partial charge in [-0.15, -0.1) is 11.3 Å². The summed E-state index contributed by atoms with van der Waals surface area (Å²) in [5.74, 6) is -0.176. The Labute approximate surface area is 140 Å². The average Bonchev–Trinajstić information content (AvgIpc) is 3.18. The van der Waals surface area contributed by atoms with Crippen LogP contribution in [0.3, 0.4) is 0 Å². The van der Waals surface area contributed by atoms with E-state index in [9.17, 15) is 13.2 Å². The number of hydrogen-bond acceptors (Lipinski definition) is 4. The fourth-order valence-corrected chi connectivity index (χ4v) is 4.80. The van der Waals surface area contributed by atoms with E-state index in [2.05, 4.69) is 6.07 Å². The predicted octanol–water partition coefficient (Wildman–Crippen LogP) is 3.26. The van der Waals surface area contributed by atoms with Gasteiger partial charge in [0.2, 0.25) is 0 Å². The number of hydrogen-bond donors (Lipinski definition) is 0. The second kappa shape index (κ2) is 6.09. The van der Waals surface area contributed by atoms with Gasteiger partial charge >= 0.3 is 0 Å². The molecule has 1 aliphatic rings. The summed E-state index contributed by atoms with van der Waals surface area (Å²) in [7, 11) is -3.39. The van der Waals surface area contributed by atoms with Crippen LogP contribution in [0.2, 0.25) is 0 Å². The molecule has 3 rings (SSSR count). The second-order valence-electron chi connectivity index (χ2n) is 6.04. The normalized spacial score (nSPS) is 14.7. The topological polar surface area (TPSA) is 54.5 Å². The third-order valence-corrected chi connectivity index (χ3v) is 6.08. The van der Waals surface area contributed by atoms with E-state index < -0.39 is 9.84 Å². The summed E-state index contributed by atoms with van der Waals surface area (Å²) in [6, 6.07) is 9.81. The molecule has 1 aliphatic carbocycles. The molecule has 1 heterocycles. The molecule has 0 bridgehead atoms. The number of carbonyl (C=O) groups excluding carboxylic acids is 1. The fourth-order valence-electron chi connectivity index (χ4n) is 2.64. The Morgan fingerprint density at radius 2 is 2.04 bits per heavy atom. The van der Waals surface area contributed by atoms with Crippen LogP contribution in [0, 0.1) is 6.92 Å². The summed E-state index contributed by atoms with van der Waals surface area (Å²) in [5.41, 5.74) is 2.22. The molecular weight excluding hydrogens is 330 g/mol. The third-order valence-electron chi connectivity index (χ3n) is 3.91. The molecule has 1 saturated carbocycles. The molecule has 0 radical (unpaired) electrons. The summed E-state index contributed by atoms with van der Waals surface area (Å²) in [6.45, 7) is 2.54. The molecule has 4 nitrogen and oxygen atoms in total. The second-order valence-corrected chi connectivity index (χ2v) is 8.94. The molecule has 2 aromatic rings. The van der Waals surface area contributed by atoms with Crippen molar-refractivity contribution in [1.82, 2.24) is 4.90 Å². The zero-order chi connectivity index (χ0) is 16.6. The molecule has 0 aliphatic heterocycles. The molecule has 6 heteroatoms. The van der Waals surface area contributed by atoms with Crippen LogP contribution in [0.15, 0.2) is 40.6 Å². The first kappa shape index (κ1) is 16.2. The van der Waals surface area contributed by atoms with Crippen molar-refractivity contribution in [2.75, 3.05) is 6.26 Å². The highest BCUT2D eigenvalue weighted by Crippen LogP contribution is 2.32. The maximum atomic E-state index is 12.9. The summed E-state index contributed by atoms with van der Waals surface area (Å²) < 4.78 is 23.7. The van der Waals surface area contributed by atoms with Crippen LogP contribution >= 0.6 is 11.3 Å². The van der Waals surface area contributed by atoms with Crippen molar-refractivity contribution in [3.8, 4) is 0 Å². The molecule has 0 spiro atoms. The zero-order valence-electron chi connectivity index (χ0n) is 13.2. The fraction of sp³-hybridized carbons (Fsp3) is 0.353. The van der Waals surface area contributed by atoms with Crippen molar-refractivity contribution in [3.05, 3.63) is 51.7 Å². The van der Waals surface area contributed by atoms with Gasteiger partial charge < -0.3 is 4.90 Å². The Bertz CT molecular complexity index is 835. The lowest BCUT2D eigenvalue weighted by atomic mass is 10.1. The number of thiophene rings is 1. The van der Waals surface area contributed by atoms with E-state index in [0.717, 1.165) is 30.2 Å². The minimum atomic E-state index is -3.39.